The molecule has 104 valence electrons. The van der Waals surface area contributed by atoms with Crippen LogP contribution >= 0.6 is 0 Å². The van der Waals surface area contributed by atoms with Gasteiger partial charge >= 0.3 is 5.97 Å². The first-order valence-corrected chi connectivity index (χ1v) is 5.70. The van der Waals surface area contributed by atoms with Gasteiger partial charge in [0.2, 0.25) is 5.91 Å². The molecule has 5 nitrogen and oxygen atoms in total. The number of benzene rings is 1. The minimum Gasteiger partial charge on any atom is -0.505 e. The molecule has 0 saturated carbocycles. The second-order valence-electron chi connectivity index (χ2n) is 5.13. The topological polar surface area (TPSA) is 86.6 Å². The van der Waals surface area contributed by atoms with E-state index in [1.807, 2.05) is 0 Å². The molecule has 1 aromatic carbocycles. The molecular weight excluding hydrogens is 253 g/mol. The van der Waals surface area contributed by atoms with E-state index in [0.29, 0.717) is 0 Å². The lowest BCUT2D eigenvalue weighted by Crippen LogP contribution is -2.24. The van der Waals surface area contributed by atoms with Gasteiger partial charge in [-0.3, -0.25) is 9.59 Å². The minimum absolute atomic E-state index is 0.00178. The average molecular weight is 269 g/mol. The summed E-state index contributed by atoms with van der Waals surface area (Å²) in [5.41, 5.74) is -0.475. The third-order valence-corrected chi connectivity index (χ3v) is 2.50. The van der Waals surface area contributed by atoms with E-state index in [9.17, 15) is 14.0 Å². The number of halogens is 1. The number of carboxylic acid groups (broad SMARTS) is 1. The maximum atomic E-state index is 13.1. The lowest BCUT2D eigenvalue weighted by atomic mass is 9.85. The maximum Gasteiger partial charge on any atom is 0.303 e. The number of rotatable bonds is 5. The smallest absolute Gasteiger partial charge is 0.303 e. The van der Waals surface area contributed by atoms with Crippen molar-refractivity contribution in [1.29, 1.82) is 0 Å². The van der Waals surface area contributed by atoms with Crippen LogP contribution in [0.15, 0.2) is 18.2 Å². The number of nitrogens with one attached hydrogen (secondary N) is 1. The number of phenolic OH excluding ortho intramolecular Hbond substituents is 1. The number of carboxylic acids is 1. The predicted molar refractivity (Wildman–Crippen MR) is 67.3 cm³/mol. The van der Waals surface area contributed by atoms with Crippen molar-refractivity contribution in [3.05, 3.63) is 24.0 Å². The Labute approximate surface area is 110 Å². The Kier molecular flexibility index (Phi) is 4.47. The molecule has 19 heavy (non-hydrogen) atoms. The highest BCUT2D eigenvalue weighted by atomic mass is 19.1. The summed E-state index contributed by atoms with van der Waals surface area (Å²) in [5, 5.41) is 20.2. The van der Waals surface area contributed by atoms with Gasteiger partial charge in [0, 0.05) is 18.2 Å². The van der Waals surface area contributed by atoms with Crippen molar-refractivity contribution in [2.45, 2.75) is 26.7 Å². The van der Waals surface area contributed by atoms with E-state index in [2.05, 4.69) is 5.32 Å². The summed E-state index contributed by atoms with van der Waals surface area (Å²) in [6.07, 6.45) is -0.133. The monoisotopic (exact) mass is 269 g/mol. The highest BCUT2D eigenvalue weighted by Crippen LogP contribution is 2.26. The van der Waals surface area contributed by atoms with E-state index in [1.165, 1.54) is 6.07 Å². The molecule has 1 amide bonds. The van der Waals surface area contributed by atoms with Gasteiger partial charge in [-0.1, -0.05) is 13.8 Å². The summed E-state index contributed by atoms with van der Waals surface area (Å²) < 4.78 is 13.1. The minimum atomic E-state index is -0.978. The first-order chi connectivity index (χ1) is 8.69. The van der Waals surface area contributed by atoms with Crippen LogP contribution in [-0.2, 0) is 9.59 Å². The summed E-state index contributed by atoms with van der Waals surface area (Å²) in [6.45, 7) is 3.33. The molecule has 0 spiro atoms. The van der Waals surface area contributed by atoms with Crippen molar-refractivity contribution in [3.8, 4) is 5.75 Å². The van der Waals surface area contributed by atoms with Gasteiger partial charge in [0.25, 0.3) is 0 Å². The summed E-state index contributed by atoms with van der Waals surface area (Å²) >= 11 is 0. The molecule has 0 aliphatic rings. The molecule has 0 aromatic heterocycles. The lowest BCUT2D eigenvalue weighted by molar-refractivity contribution is -0.139. The van der Waals surface area contributed by atoms with Crippen LogP contribution in [0.4, 0.5) is 10.1 Å². The Morgan fingerprint density at radius 3 is 2.47 bits per heavy atom. The van der Waals surface area contributed by atoms with Crippen LogP contribution in [-0.4, -0.2) is 22.1 Å². The Hall–Kier alpha value is -2.11. The second kappa shape index (κ2) is 5.69. The first-order valence-electron chi connectivity index (χ1n) is 5.70. The van der Waals surface area contributed by atoms with Gasteiger partial charge in [-0.05, 0) is 17.5 Å². The predicted octanol–water partition coefficient (Wildman–Crippen LogP) is 2.36. The molecule has 0 radical (unpaired) electrons. The largest absolute Gasteiger partial charge is 0.505 e. The van der Waals surface area contributed by atoms with Crippen LogP contribution in [0.3, 0.4) is 0 Å². The zero-order valence-electron chi connectivity index (χ0n) is 10.7. The van der Waals surface area contributed by atoms with Crippen LogP contribution in [0.2, 0.25) is 0 Å². The van der Waals surface area contributed by atoms with Crippen LogP contribution in [0.5, 0.6) is 5.75 Å². The summed E-state index contributed by atoms with van der Waals surface area (Å²) in [5.74, 6) is -2.71. The van der Waals surface area contributed by atoms with Gasteiger partial charge < -0.3 is 15.5 Å². The van der Waals surface area contributed by atoms with Gasteiger partial charge in [-0.2, -0.15) is 0 Å². The molecule has 0 bridgehead atoms. The number of carbonyl (C=O) groups is 2. The van der Waals surface area contributed by atoms with Gasteiger partial charge in [0.15, 0.2) is 11.6 Å². The number of hydrogen-bond acceptors (Lipinski definition) is 3. The number of aliphatic carboxylic acids is 1. The molecule has 0 atom stereocenters. The molecule has 1 aromatic rings. The Bertz CT molecular complexity index is 499. The number of phenols is 1. The molecule has 0 aliphatic carbocycles. The lowest BCUT2D eigenvalue weighted by Gasteiger charge is -2.21. The molecule has 0 fully saturated rings. The molecule has 6 heteroatoms. The summed E-state index contributed by atoms with van der Waals surface area (Å²) in [4.78, 5) is 22.3. The number of hydrogen-bond donors (Lipinski definition) is 3. The third kappa shape index (κ3) is 4.95. The molecule has 0 unspecified atom stereocenters. The number of aromatic hydroxyl groups is 1. The molecule has 1 rings (SSSR count). The zero-order chi connectivity index (χ0) is 14.6. The van der Waals surface area contributed by atoms with Crippen LogP contribution in [0.1, 0.15) is 26.7 Å². The van der Waals surface area contributed by atoms with E-state index in [-0.39, 0.29) is 18.5 Å². The molecule has 0 heterocycles. The van der Waals surface area contributed by atoms with Crippen molar-refractivity contribution in [3.63, 3.8) is 0 Å². The van der Waals surface area contributed by atoms with Crippen molar-refractivity contribution in [2.75, 3.05) is 5.32 Å². The zero-order valence-corrected chi connectivity index (χ0v) is 10.7. The Morgan fingerprint density at radius 1 is 1.32 bits per heavy atom. The van der Waals surface area contributed by atoms with E-state index in [4.69, 9.17) is 10.2 Å². The number of amides is 1. The van der Waals surface area contributed by atoms with Crippen molar-refractivity contribution in [2.24, 2.45) is 5.41 Å². The second-order valence-corrected chi connectivity index (χ2v) is 5.13. The standard InChI is InChI=1S/C13H16FNO4/c1-13(2,7-12(18)19)6-11(17)15-8-3-4-10(16)9(14)5-8/h3-5,16H,6-7H2,1-2H3,(H,15,17)(H,18,19). The molecule has 0 saturated heterocycles. The first kappa shape index (κ1) is 14.9. The Balaban J connectivity index is 2.64. The number of carbonyl (C=O) groups excluding carboxylic acids is 1. The molecule has 0 aliphatic heterocycles. The summed E-state index contributed by atoms with van der Waals surface area (Å²) in [7, 11) is 0. The highest BCUT2D eigenvalue weighted by Gasteiger charge is 2.25. The van der Waals surface area contributed by atoms with E-state index in [1.54, 1.807) is 13.8 Å². The fourth-order valence-electron chi connectivity index (χ4n) is 1.70. The van der Waals surface area contributed by atoms with Crippen LogP contribution in [0.25, 0.3) is 0 Å². The normalized spacial score (nSPS) is 11.1. The van der Waals surface area contributed by atoms with E-state index < -0.39 is 28.9 Å². The van der Waals surface area contributed by atoms with Gasteiger partial charge in [-0.25, -0.2) is 4.39 Å². The number of anilines is 1. The van der Waals surface area contributed by atoms with Gasteiger partial charge in [-0.15, -0.1) is 0 Å². The molecule has 3 N–H and O–H groups in total. The van der Waals surface area contributed by atoms with E-state index >= 15 is 0 Å². The van der Waals surface area contributed by atoms with Gasteiger partial charge in [0.1, 0.15) is 0 Å². The van der Waals surface area contributed by atoms with Crippen molar-refractivity contribution >= 4 is 17.6 Å². The van der Waals surface area contributed by atoms with Crippen molar-refractivity contribution < 1.29 is 24.2 Å². The average Bonchev–Trinajstić information content (AvgIpc) is 2.20. The molecular formula is C13H16FNO4. The SMILES string of the molecule is CC(C)(CC(=O)O)CC(=O)Nc1ccc(O)c(F)c1. The maximum absolute atomic E-state index is 13.1. The van der Waals surface area contributed by atoms with E-state index in [0.717, 1.165) is 12.1 Å². The third-order valence-electron chi connectivity index (χ3n) is 2.50. The highest BCUT2D eigenvalue weighted by molar-refractivity contribution is 5.91. The van der Waals surface area contributed by atoms with Crippen LogP contribution in [0, 0.1) is 11.2 Å². The fourth-order valence-corrected chi connectivity index (χ4v) is 1.70. The van der Waals surface area contributed by atoms with Crippen LogP contribution < -0.4 is 5.32 Å². The fraction of sp³-hybridized carbons (Fsp3) is 0.385. The van der Waals surface area contributed by atoms with Crippen molar-refractivity contribution in [1.82, 2.24) is 0 Å². The van der Waals surface area contributed by atoms with Gasteiger partial charge in [0.05, 0.1) is 6.42 Å². The quantitative estimate of drug-likeness (QED) is 0.716. The Morgan fingerprint density at radius 2 is 1.95 bits per heavy atom. The summed E-state index contributed by atoms with van der Waals surface area (Å²) in [6, 6.07) is 3.49.